The van der Waals surface area contributed by atoms with Crippen LogP contribution in [-0.4, -0.2) is 17.1 Å². The number of rotatable bonds is 2. The number of amides is 1. The minimum absolute atomic E-state index is 0.0656. The number of nitrogens with zero attached hydrogens (tertiary/aromatic N) is 1. The Morgan fingerprint density at radius 2 is 1.67 bits per heavy atom. The molecule has 1 aromatic rings. The molecule has 0 aromatic heterocycles. The molecule has 1 aliphatic heterocycles. The normalized spacial score (nSPS) is 26.4. The van der Waals surface area contributed by atoms with Crippen LogP contribution in [0.1, 0.15) is 55.8 Å². The van der Waals surface area contributed by atoms with E-state index in [1.54, 1.807) is 11.8 Å². The third-order valence-electron chi connectivity index (χ3n) is 4.17. The molecule has 3 nitrogen and oxygen atoms in total. The van der Waals surface area contributed by atoms with Gasteiger partial charge in [-0.2, -0.15) is 0 Å². The molecule has 0 spiro atoms. The van der Waals surface area contributed by atoms with E-state index in [0.29, 0.717) is 6.04 Å². The van der Waals surface area contributed by atoms with Crippen molar-refractivity contribution in [1.29, 1.82) is 0 Å². The fraction of sp³-hybridized carbons (Fsp3) is 0.529. The Kier molecular flexibility index (Phi) is 4.96. The van der Waals surface area contributed by atoms with Crippen molar-refractivity contribution in [2.45, 2.75) is 56.2 Å². The van der Waals surface area contributed by atoms with E-state index >= 15 is 0 Å². The zero-order chi connectivity index (χ0) is 14.5. The molecule has 3 rings (SSSR count). The molecule has 1 saturated heterocycles. The van der Waals surface area contributed by atoms with Crippen molar-refractivity contribution < 1.29 is 4.79 Å². The van der Waals surface area contributed by atoms with Crippen LogP contribution >= 0.6 is 11.8 Å². The molecule has 1 aromatic carbocycles. The lowest BCUT2D eigenvalue weighted by atomic mass is 9.97. The summed E-state index contributed by atoms with van der Waals surface area (Å²) in [5, 5.41) is 3.64. The number of hydrogen-bond acceptors (Lipinski definition) is 3. The molecule has 1 unspecified atom stereocenters. The highest BCUT2D eigenvalue weighted by atomic mass is 32.2. The van der Waals surface area contributed by atoms with Gasteiger partial charge in [0.2, 0.25) is 5.91 Å². The number of thioether (sulfide) groups is 1. The van der Waals surface area contributed by atoms with Gasteiger partial charge in [-0.15, -0.1) is 0 Å². The lowest BCUT2D eigenvalue weighted by Gasteiger charge is -2.16. The highest BCUT2D eigenvalue weighted by molar-refractivity contribution is 8.15. The van der Waals surface area contributed by atoms with Crippen LogP contribution in [0.4, 0.5) is 0 Å². The van der Waals surface area contributed by atoms with Gasteiger partial charge in [-0.3, -0.25) is 9.79 Å². The van der Waals surface area contributed by atoms with E-state index in [1.165, 1.54) is 32.1 Å². The van der Waals surface area contributed by atoms with E-state index in [-0.39, 0.29) is 11.2 Å². The van der Waals surface area contributed by atoms with E-state index in [1.807, 2.05) is 30.3 Å². The van der Waals surface area contributed by atoms with E-state index in [9.17, 15) is 4.79 Å². The third-order valence-corrected chi connectivity index (χ3v) is 5.33. The van der Waals surface area contributed by atoms with Crippen LogP contribution < -0.4 is 5.32 Å². The SMILES string of the molecule is O=C1NC(=NC2CCCCCCC2)SC1c1ccccc1. The average Bonchev–Trinajstić information content (AvgIpc) is 2.83. The molecule has 1 atom stereocenters. The molecule has 0 bridgehead atoms. The molecule has 4 heteroatoms. The summed E-state index contributed by atoms with van der Waals surface area (Å²) in [6.07, 6.45) is 8.88. The van der Waals surface area contributed by atoms with E-state index in [2.05, 4.69) is 5.32 Å². The summed E-state index contributed by atoms with van der Waals surface area (Å²) in [7, 11) is 0. The Morgan fingerprint density at radius 1 is 1.00 bits per heavy atom. The van der Waals surface area contributed by atoms with Crippen molar-refractivity contribution in [2.24, 2.45) is 4.99 Å². The molecule has 0 radical (unpaired) electrons. The highest BCUT2D eigenvalue weighted by Crippen LogP contribution is 2.34. The molecule has 1 saturated carbocycles. The number of amidine groups is 1. The quantitative estimate of drug-likeness (QED) is 0.895. The average molecular weight is 302 g/mol. The Bertz CT molecular complexity index is 507. The van der Waals surface area contributed by atoms with Crippen molar-refractivity contribution in [3.63, 3.8) is 0 Å². The highest BCUT2D eigenvalue weighted by Gasteiger charge is 2.31. The molecule has 21 heavy (non-hydrogen) atoms. The first-order valence-electron chi connectivity index (χ1n) is 7.93. The lowest BCUT2D eigenvalue weighted by molar-refractivity contribution is -0.118. The summed E-state index contributed by atoms with van der Waals surface area (Å²) in [6.45, 7) is 0. The van der Waals surface area contributed by atoms with Crippen LogP contribution in [0.25, 0.3) is 0 Å². The van der Waals surface area contributed by atoms with E-state index in [0.717, 1.165) is 23.6 Å². The van der Waals surface area contributed by atoms with Gasteiger partial charge in [-0.25, -0.2) is 0 Å². The van der Waals surface area contributed by atoms with Gasteiger partial charge in [0.25, 0.3) is 0 Å². The van der Waals surface area contributed by atoms with Gasteiger partial charge in [-0.1, -0.05) is 74.2 Å². The lowest BCUT2D eigenvalue weighted by Crippen LogP contribution is -2.23. The maximum Gasteiger partial charge on any atom is 0.244 e. The first-order valence-corrected chi connectivity index (χ1v) is 8.81. The van der Waals surface area contributed by atoms with Crippen molar-refractivity contribution in [3.05, 3.63) is 35.9 Å². The Balaban J connectivity index is 1.67. The molecular formula is C17H22N2OS. The van der Waals surface area contributed by atoms with Crippen LogP contribution in [-0.2, 0) is 4.79 Å². The third kappa shape index (κ3) is 3.88. The molecule has 1 amide bonds. The fourth-order valence-electron chi connectivity index (χ4n) is 3.01. The molecule has 2 fully saturated rings. The zero-order valence-corrected chi connectivity index (χ0v) is 13.1. The van der Waals surface area contributed by atoms with Crippen LogP contribution in [0.5, 0.6) is 0 Å². The summed E-state index contributed by atoms with van der Waals surface area (Å²) < 4.78 is 0. The Hall–Kier alpha value is -1.29. The Morgan fingerprint density at radius 3 is 2.38 bits per heavy atom. The van der Waals surface area contributed by atoms with Crippen molar-refractivity contribution in [2.75, 3.05) is 0 Å². The van der Waals surface area contributed by atoms with Gasteiger partial charge < -0.3 is 5.32 Å². The summed E-state index contributed by atoms with van der Waals surface area (Å²) >= 11 is 1.57. The van der Waals surface area contributed by atoms with E-state index < -0.39 is 0 Å². The predicted molar refractivity (Wildman–Crippen MR) is 88.5 cm³/mol. The van der Waals surface area contributed by atoms with Gasteiger partial charge in [0.1, 0.15) is 5.25 Å². The molecule has 1 N–H and O–H groups in total. The predicted octanol–water partition coefficient (Wildman–Crippen LogP) is 4.06. The number of aliphatic imine (C=N–C) groups is 1. The van der Waals surface area contributed by atoms with Crippen LogP contribution in [0, 0.1) is 0 Å². The number of carbonyl (C=O) groups excluding carboxylic acids is 1. The minimum atomic E-state index is -0.140. The van der Waals surface area contributed by atoms with E-state index in [4.69, 9.17) is 4.99 Å². The van der Waals surface area contributed by atoms with Gasteiger partial charge >= 0.3 is 0 Å². The summed E-state index contributed by atoms with van der Waals surface area (Å²) in [5.74, 6) is 0.0656. The Labute approximate surface area is 130 Å². The summed E-state index contributed by atoms with van der Waals surface area (Å²) in [4.78, 5) is 16.9. The maximum atomic E-state index is 12.1. The van der Waals surface area contributed by atoms with Gasteiger partial charge in [0.05, 0.1) is 6.04 Å². The molecular weight excluding hydrogens is 280 g/mol. The van der Waals surface area contributed by atoms with Gasteiger partial charge in [0, 0.05) is 0 Å². The van der Waals surface area contributed by atoms with Gasteiger partial charge in [-0.05, 0) is 18.4 Å². The van der Waals surface area contributed by atoms with Crippen molar-refractivity contribution >= 4 is 22.8 Å². The number of benzene rings is 1. The number of hydrogen-bond donors (Lipinski definition) is 1. The summed E-state index contributed by atoms with van der Waals surface area (Å²) in [6, 6.07) is 10.3. The monoisotopic (exact) mass is 302 g/mol. The fourth-order valence-corrected chi connectivity index (χ4v) is 4.06. The molecule has 1 aliphatic carbocycles. The first-order chi connectivity index (χ1) is 10.3. The minimum Gasteiger partial charge on any atom is -0.304 e. The maximum absolute atomic E-state index is 12.1. The standard InChI is InChI=1S/C17H22N2OS/c20-16-15(13-9-5-4-6-10-13)21-17(19-16)18-14-11-7-2-1-3-8-12-14/h4-6,9-10,14-15H,1-3,7-8,11-12H2,(H,18,19,20). The van der Waals surface area contributed by atoms with Crippen LogP contribution in [0.3, 0.4) is 0 Å². The van der Waals surface area contributed by atoms with Crippen molar-refractivity contribution in [1.82, 2.24) is 5.32 Å². The zero-order valence-electron chi connectivity index (χ0n) is 12.3. The van der Waals surface area contributed by atoms with Crippen LogP contribution in [0.2, 0.25) is 0 Å². The first kappa shape index (κ1) is 14.6. The smallest absolute Gasteiger partial charge is 0.244 e. The molecule has 1 heterocycles. The number of carbonyl (C=O) groups is 1. The second-order valence-corrected chi connectivity index (χ2v) is 6.92. The summed E-state index contributed by atoms with van der Waals surface area (Å²) in [5.41, 5.74) is 1.06. The van der Waals surface area contributed by atoms with Crippen LogP contribution in [0.15, 0.2) is 35.3 Å². The second kappa shape index (κ2) is 7.12. The largest absolute Gasteiger partial charge is 0.304 e. The second-order valence-electron chi connectivity index (χ2n) is 5.83. The molecule has 112 valence electrons. The molecule has 2 aliphatic rings. The van der Waals surface area contributed by atoms with Gasteiger partial charge in [0.15, 0.2) is 5.17 Å². The van der Waals surface area contributed by atoms with Crippen molar-refractivity contribution in [3.8, 4) is 0 Å². The number of nitrogens with one attached hydrogen (secondary N) is 1. The topological polar surface area (TPSA) is 41.5 Å².